The van der Waals surface area contributed by atoms with Crippen LogP contribution in [0, 0.1) is 0 Å². The van der Waals surface area contributed by atoms with E-state index in [-0.39, 0.29) is 11.3 Å². The minimum atomic E-state index is -4.18. The Kier molecular flexibility index (Phi) is 4.38. The Morgan fingerprint density at radius 3 is 2.22 bits per heavy atom. The van der Waals surface area contributed by atoms with Gasteiger partial charge >= 0.3 is 6.18 Å². The predicted octanol–water partition coefficient (Wildman–Crippen LogP) is 5.21. The van der Waals surface area contributed by atoms with Crippen LogP contribution in [-0.2, 0) is 0 Å². The van der Waals surface area contributed by atoms with E-state index in [0.29, 0.717) is 18.4 Å². The summed E-state index contributed by atoms with van der Waals surface area (Å²) in [4.78, 5) is 0.887. The molecule has 2 rings (SSSR count). The Bertz CT molecular complexity index is 412. The molecule has 0 radical (unpaired) electrons. The molecule has 0 aromatic heterocycles. The third-order valence-electron chi connectivity index (χ3n) is 3.10. The van der Waals surface area contributed by atoms with Crippen LogP contribution in [0.15, 0.2) is 46.4 Å². The van der Waals surface area contributed by atoms with E-state index in [9.17, 15) is 13.2 Å². The quantitative estimate of drug-likeness (QED) is 0.537. The molecule has 18 heavy (non-hydrogen) atoms. The zero-order chi connectivity index (χ0) is 13.0. The van der Waals surface area contributed by atoms with E-state index in [1.807, 2.05) is 30.3 Å². The molecule has 0 N–H and O–H groups in total. The van der Waals surface area contributed by atoms with Crippen LogP contribution in [-0.4, -0.2) is 11.9 Å². The van der Waals surface area contributed by atoms with Gasteiger partial charge in [0.2, 0.25) is 0 Å². The van der Waals surface area contributed by atoms with Crippen molar-refractivity contribution in [3.05, 3.63) is 41.5 Å². The maximum Gasteiger partial charge on any atom is 0.413 e. The van der Waals surface area contributed by atoms with Gasteiger partial charge in [0.1, 0.15) is 0 Å². The average Bonchev–Trinajstić information content (AvgIpc) is 2.82. The molecule has 0 atom stereocenters. The second-order valence-electron chi connectivity index (χ2n) is 4.39. The molecule has 0 nitrogen and oxygen atoms in total. The molecule has 1 aliphatic carbocycles. The first-order valence-electron chi connectivity index (χ1n) is 6.03. The zero-order valence-corrected chi connectivity index (χ0v) is 10.8. The summed E-state index contributed by atoms with van der Waals surface area (Å²) >= 11 is 1.26. The highest BCUT2D eigenvalue weighted by Gasteiger charge is 2.36. The van der Waals surface area contributed by atoms with E-state index in [4.69, 9.17) is 0 Å². The lowest BCUT2D eigenvalue weighted by atomic mass is 10.1. The van der Waals surface area contributed by atoms with Crippen LogP contribution in [0.3, 0.4) is 0 Å². The molecular formula is C14H15F3S. The van der Waals surface area contributed by atoms with Crippen molar-refractivity contribution in [2.45, 2.75) is 36.8 Å². The molecule has 4 heteroatoms. The maximum atomic E-state index is 13.0. The second kappa shape index (κ2) is 5.83. The highest BCUT2D eigenvalue weighted by molar-refractivity contribution is 7.99. The topological polar surface area (TPSA) is 0 Å². The molecular weight excluding hydrogens is 257 g/mol. The van der Waals surface area contributed by atoms with E-state index < -0.39 is 6.18 Å². The number of rotatable bonds is 3. The summed E-state index contributed by atoms with van der Waals surface area (Å²) in [6.07, 6.45) is -1.16. The number of thioether (sulfide) groups is 1. The smallest absolute Gasteiger partial charge is 0.166 e. The average molecular weight is 272 g/mol. The third-order valence-corrected chi connectivity index (χ3v) is 4.14. The Balaban J connectivity index is 2.10. The molecule has 1 aliphatic rings. The fourth-order valence-electron chi connectivity index (χ4n) is 2.16. The van der Waals surface area contributed by atoms with Gasteiger partial charge in [-0.15, -0.1) is 11.8 Å². The highest BCUT2D eigenvalue weighted by atomic mass is 32.2. The van der Waals surface area contributed by atoms with Crippen LogP contribution in [0.4, 0.5) is 13.2 Å². The van der Waals surface area contributed by atoms with Crippen LogP contribution in [0.25, 0.3) is 0 Å². The van der Waals surface area contributed by atoms with Crippen molar-refractivity contribution in [1.82, 2.24) is 0 Å². The number of hydrogen-bond donors (Lipinski definition) is 0. The first kappa shape index (κ1) is 13.5. The summed E-state index contributed by atoms with van der Waals surface area (Å²) < 4.78 is 39.0. The molecule has 0 unspecified atom stereocenters. The van der Waals surface area contributed by atoms with Crippen molar-refractivity contribution in [3.8, 4) is 0 Å². The minimum absolute atomic E-state index is 0.0306. The number of alkyl halides is 3. The first-order valence-corrected chi connectivity index (χ1v) is 7.02. The summed E-state index contributed by atoms with van der Waals surface area (Å²) in [5, 5.41) is 0. The lowest BCUT2D eigenvalue weighted by molar-refractivity contribution is -0.0917. The number of halogens is 3. The molecule has 0 spiro atoms. The molecule has 1 saturated carbocycles. The molecule has 1 aromatic rings. The van der Waals surface area contributed by atoms with Crippen LogP contribution in [0.5, 0.6) is 0 Å². The zero-order valence-electron chi connectivity index (χ0n) is 9.96. The summed E-state index contributed by atoms with van der Waals surface area (Å²) in [5.41, 5.74) is 0.305. The second-order valence-corrected chi connectivity index (χ2v) is 5.44. The fraction of sp³-hybridized carbons (Fsp3) is 0.429. The van der Waals surface area contributed by atoms with E-state index >= 15 is 0 Å². The molecule has 1 fully saturated rings. The monoisotopic (exact) mass is 272 g/mol. The third kappa shape index (κ3) is 3.55. The molecule has 0 bridgehead atoms. The number of allylic oxidation sites excluding steroid dienone is 1. The highest BCUT2D eigenvalue weighted by Crippen LogP contribution is 2.38. The number of benzene rings is 1. The molecule has 0 aliphatic heterocycles. The van der Waals surface area contributed by atoms with Crippen molar-refractivity contribution >= 4 is 11.8 Å². The van der Waals surface area contributed by atoms with Gasteiger partial charge in [0.25, 0.3) is 0 Å². The molecule has 98 valence electrons. The van der Waals surface area contributed by atoms with Gasteiger partial charge in [-0.25, -0.2) is 0 Å². The van der Waals surface area contributed by atoms with Gasteiger partial charge in [-0.3, -0.25) is 0 Å². The summed E-state index contributed by atoms with van der Waals surface area (Å²) in [6, 6.07) is 9.25. The minimum Gasteiger partial charge on any atom is -0.166 e. The van der Waals surface area contributed by atoms with Crippen LogP contribution < -0.4 is 0 Å². The lowest BCUT2D eigenvalue weighted by Crippen LogP contribution is -2.16. The maximum absolute atomic E-state index is 13.0. The Labute approximate surface area is 109 Å². The van der Waals surface area contributed by atoms with Gasteiger partial charge in [0, 0.05) is 16.2 Å². The molecule has 0 saturated heterocycles. The molecule has 0 heterocycles. The lowest BCUT2D eigenvalue weighted by Gasteiger charge is -2.15. The fourth-order valence-corrected chi connectivity index (χ4v) is 3.19. The van der Waals surface area contributed by atoms with E-state index in [1.165, 1.54) is 11.8 Å². The van der Waals surface area contributed by atoms with Crippen molar-refractivity contribution in [2.24, 2.45) is 0 Å². The molecule has 0 amide bonds. The SMILES string of the molecule is FC(F)(F)C(CSc1ccccc1)=C1CCCC1. The van der Waals surface area contributed by atoms with Crippen LogP contribution >= 0.6 is 11.8 Å². The van der Waals surface area contributed by atoms with Gasteiger partial charge in [-0.1, -0.05) is 23.8 Å². The standard InChI is InChI=1S/C14H15F3S/c15-14(16,17)13(11-6-4-5-7-11)10-18-12-8-2-1-3-9-12/h1-3,8-9H,4-7,10H2. The van der Waals surface area contributed by atoms with Crippen molar-refractivity contribution in [2.75, 3.05) is 5.75 Å². The van der Waals surface area contributed by atoms with Gasteiger partial charge in [0.15, 0.2) is 0 Å². The van der Waals surface area contributed by atoms with E-state index in [0.717, 1.165) is 17.7 Å². The predicted molar refractivity (Wildman–Crippen MR) is 68.7 cm³/mol. The van der Waals surface area contributed by atoms with Gasteiger partial charge in [-0.2, -0.15) is 13.2 Å². The normalized spacial score (nSPS) is 16.1. The summed E-state index contributed by atoms with van der Waals surface area (Å²) in [5.74, 6) is 0.0306. The van der Waals surface area contributed by atoms with E-state index in [1.54, 1.807) is 0 Å². The van der Waals surface area contributed by atoms with Crippen LogP contribution in [0.2, 0.25) is 0 Å². The van der Waals surface area contributed by atoms with Gasteiger partial charge < -0.3 is 0 Å². The number of hydrogen-bond acceptors (Lipinski definition) is 1. The Morgan fingerprint density at radius 2 is 1.67 bits per heavy atom. The summed E-state index contributed by atoms with van der Waals surface area (Å²) in [7, 11) is 0. The van der Waals surface area contributed by atoms with Crippen molar-refractivity contribution < 1.29 is 13.2 Å². The molecule has 1 aromatic carbocycles. The van der Waals surface area contributed by atoms with Gasteiger partial charge in [0.05, 0.1) is 0 Å². The largest absolute Gasteiger partial charge is 0.413 e. The van der Waals surface area contributed by atoms with Crippen molar-refractivity contribution in [1.29, 1.82) is 0 Å². The first-order chi connectivity index (χ1) is 8.57. The Hall–Kier alpha value is -0.900. The van der Waals surface area contributed by atoms with E-state index in [2.05, 4.69) is 0 Å². The Morgan fingerprint density at radius 1 is 1.06 bits per heavy atom. The summed E-state index contributed by atoms with van der Waals surface area (Å²) in [6.45, 7) is 0. The van der Waals surface area contributed by atoms with Gasteiger partial charge in [-0.05, 0) is 37.8 Å². The van der Waals surface area contributed by atoms with Crippen molar-refractivity contribution in [3.63, 3.8) is 0 Å². The van der Waals surface area contributed by atoms with Crippen LogP contribution in [0.1, 0.15) is 25.7 Å².